The standard InChI is InChI=1S/C21H15ClN2O2/c22-17-9-5-4-8-15(17)14-10-11-18(19-16(14)12-23-21(19)26)24-20(25)13-6-2-1-3-7-13/h1-11H,12H2,(H,23,26)(H,24,25). The summed E-state index contributed by atoms with van der Waals surface area (Å²) in [6.45, 7) is 0.407. The van der Waals surface area contributed by atoms with Gasteiger partial charge >= 0.3 is 0 Å². The number of carbonyl (C=O) groups is 2. The molecule has 0 saturated heterocycles. The highest BCUT2D eigenvalue weighted by atomic mass is 35.5. The molecule has 0 atom stereocenters. The second-order valence-corrected chi connectivity index (χ2v) is 6.40. The van der Waals surface area contributed by atoms with Crippen molar-refractivity contribution in [2.24, 2.45) is 0 Å². The molecule has 0 radical (unpaired) electrons. The van der Waals surface area contributed by atoms with Crippen molar-refractivity contribution in [1.29, 1.82) is 0 Å². The SMILES string of the molecule is O=C(Nc1ccc(-c2ccccc2Cl)c2c1C(=O)NC2)c1ccccc1. The molecular weight excluding hydrogens is 348 g/mol. The van der Waals surface area contributed by atoms with Gasteiger partial charge in [0, 0.05) is 22.7 Å². The number of rotatable bonds is 3. The minimum absolute atomic E-state index is 0.197. The molecule has 4 nitrogen and oxygen atoms in total. The Morgan fingerprint density at radius 2 is 1.65 bits per heavy atom. The number of carbonyl (C=O) groups excluding carboxylic acids is 2. The van der Waals surface area contributed by atoms with Crippen LogP contribution in [0, 0.1) is 0 Å². The summed E-state index contributed by atoms with van der Waals surface area (Å²) in [5.41, 5.74) is 4.12. The summed E-state index contributed by atoms with van der Waals surface area (Å²) in [5.74, 6) is -0.449. The molecule has 1 aliphatic heterocycles. The topological polar surface area (TPSA) is 58.2 Å². The fourth-order valence-electron chi connectivity index (χ4n) is 3.17. The minimum Gasteiger partial charge on any atom is -0.348 e. The number of benzene rings is 3. The number of amides is 2. The van der Waals surface area contributed by atoms with E-state index in [1.807, 2.05) is 36.4 Å². The largest absolute Gasteiger partial charge is 0.348 e. The van der Waals surface area contributed by atoms with Gasteiger partial charge in [-0.3, -0.25) is 9.59 Å². The summed E-state index contributed by atoms with van der Waals surface area (Å²) in [5, 5.41) is 6.30. The summed E-state index contributed by atoms with van der Waals surface area (Å²) >= 11 is 6.33. The molecule has 0 fully saturated rings. The van der Waals surface area contributed by atoms with E-state index in [0.717, 1.165) is 16.7 Å². The maximum atomic E-state index is 12.5. The minimum atomic E-state index is -0.252. The number of halogens is 1. The normalized spacial score (nSPS) is 12.4. The number of anilines is 1. The summed E-state index contributed by atoms with van der Waals surface area (Å²) in [6.07, 6.45) is 0. The zero-order valence-electron chi connectivity index (χ0n) is 13.8. The van der Waals surface area contributed by atoms with Gasteiger partial charge in [-0.1, -0.05) is 54.1 Å². The molecule has 0 spiro atoms. The second-order valence-electron chi connectivity index (χ2n) is 6.00. The number of hydrogen-bond acceptors (Lipinski definition) is 2. The highest BCUT2D eigenvalue weighted by Crippen LogP contribution is 2.37. The van der Waals surface area contributed by atoms with Gasteiger partial charge in [0.15, 0.2) is 0 Å². The third kappa shape index (κ3) is 2.85. The average Bonchev–Trinajstić information content (AvgIpc) is 3.06. The van der Waals surface area contributed by atoms with Gasteiger partial charge in [0.1, 0.15) is 0 Å². The quantitative estimate of drug-likeness (QED) is 0.720. The first kappa shape index (κ1) is 16.4. The zero-order chi connectivity index (χ0) is 18.1. The molecule has 4 rings (SSSR count). The van der Waals surface area contributed by atoms with E-state index in [9.17, 15) is 9.59 Å². The van der Waals surface area contributed by atoms with Crippen molar-refractivity contribution < 1.29 is 9.59 Å². The van der Waals surface area contributed by atoms with Gasteiger partial charge in [0.2, 0.25) is 0 Å². The molecule has 2 amide bonds. The fraction of sp³-hybridized carbons (Fsp3) is 0.0476. The Labute approximate surface area is 155 Å². The third-order valence-electron chi connectivity index (χ3n) is 4.41. The van der Waals surface area contributed by atoms with Crippen LogP contribution in [0.25, 0.3) is 11.1 Å². The molecule has 3 aromatic carbocycles. The van der Waals surface area contributed by atoms with Gasteiger partial charge < -0.3 is 10.6 Å². The van der Waals surface area contributed by atoms with Crippen molar-refractivity contribution in [2.75, 3.05) is 5.32 Å². The third-order valence-corrected chi connectivity index (χ3v) is 4.74. The van der Waals surface area contributed by atoms with E-state index in [1.54, 1.807) is 30.3 Å². The van der Waals surface area contributed by atoms with Crippen LogP contribution in [0.2, 0.25) is 5.02 Å². The van der Waals surface area contributed by atoms with E-state index < -0.39 is 0 Å². The molecule has 0 saturated carbocycles. The van der Waals surface area contributed by atoms with Crippen molar-refractivity contribution in [3.05, 3.63) is 88.4 Å². The van der Waals surface area contributed by atoms with E-state index in [1.165, 1.54) is 0 Å². The molecule has 1 aliphatic rings. The van der Waals surface area contributed by atoms with Crippen LogP contribution in [0.3, 0.4) is 0 Å². The molecule has 0 aliphatic carbocycles. The van der Waals surface area contributed by atoms with Gasteiger partial charge in [-0.25, -0.2) is 0 Å². The van der Waals surface area contributed by atoms with Crippen LogP contribution in [0.1, 0.15) is 26.3 Å². The first-order valence-electron chi connectivity index (χ1n) is 8.20. The van der Waals surface area contributed by atoms with Crippen molar-refractivity contribution in [1.82, 2.24) is 5.32 Å². The predicted molar refractivity (Wildman–Crippen MR) is 102 cm³/mol. The Balaban J connectivity index is 1.77. The van der Waals surface area contributed by atoms with Crippen LogP contribution >= 0.6 is 11.6 Å². The van der Waals surface area contributed by atoms with Crippen molar-refractivity contribution in [3.8, 4) is 11.1 Å². The Hall–Kier alpha value is -3.11. The van der Waals surface area contributed by atoms with Crippen LogP contribution in [0.15, 0.2) is 66.7 Å². The van der Waals surface area contributed by atoms with E-state index in [-0.39, 0.29) is 11.8 Å². The smallest absolute Gasteiger partial charge is 0.255 e. The predicted octanol–water partition coefficient (Wildman–Crippen LogP) is 4.50. The first-order valence-corrected chi connectivity index (χ1v) is 8.58. The first-order chi connectivity index (χ1) is 12.6. The molecule has 0 bridgehead atoms. The van der Waals surface area contributed by atoms with Crippen molar-refractivity contribution in [3.63, 3.8) is 0 Å². The van der Waals surface area contributed by atoms with Gasteiger partial charge in [0.05, 0.1) is 11.3 Å². The zero-order valence-corrected chi connectivity index (χ0v) is 14.5. The Bertz CT molecular complexity index is 1020. The molecule has 1 heterocycles. The second kappa shape index (κ2) is 6.65. The van der Waals surface area contributed by atoms with Crippen LogP contribution in [0.5, 0.6) is 0 Å². The molecule has 5 heteroatoms. The Morgan fingerprint density at radius 1 is 0.923 bits per heavy atom. The van der Waals surface area contributed by atoms with Crippen molar-refractivity contribution >= 4 is 29.1 Å². The summed E-state index contributed by atoms with van der Waals surface area (Å²) in [7, 11) is 0. The average molecular weight is 363 g/mol. The molecule has 0 unspecified atom stereocenters. The monoisotopic (exact) mass is 362 g/mol. The molecule has 2 N–H and O–H groups in total. The van der Waals surface area contributed by atoms with Gasteiger partial charge in [-0.05, 0) is 35.4 Å². The van der Waals surface area contributed by atoms with E-state index in [0.29, 0.717) is 28.4 Å². The lowest BCUT2D eigenvalue weighted by Gasteiger charge is -2.13. The van der Waals surface area contributed by atoms with Gasteiger partial charge in [0.25, 0.3) is 11.8 Å². The Kier molecular flexibility index (Phi) is 4.19. The van der Waals surface area contributed by atoms with Crippen LogP contribution < -0.4 is 10.6 Å². The molecule has 3 aromatic rings. The van der Waals surface area contributed by atoms with Crippen LogP contribution in [-0.4, -0.2) is 11.8 Å². The Morgan fingerprint density at radius 3 is 2.42 bits per heavy atom. The lowest BCUT2D eigenvalue weighted by atomic mass is 9.95. The maximum absolute atomic E-state index is 12.5. The lowest BCUT2D eigenvalue weighted by molar-refractivity contribution is 0.0966. The van der Waals surface area contributed by atoms with Gasteiger partial charge in [-0.2, -0.15) is 0 Å². The molecule has 26 heavy (non-hydrogen) atoms. The van der Waals surface area contributed by atoms with E-state index in [2.05, 4.69) is 10.6 Å². The molecule has 128 valence electrons. The number of nitrogens with one attached hydrogen (secondary N) is 2. The lowest BCUT2D eigenvalue weighted by Crippen LogP contribution is -2.17. The van der Waals surface area contributed by atoms with E-state index >= 15 is 0 Å². The number of hydrogen-bond donors (Lipinski definition) is 2. The van der Waals surface area contributed by atoms with Crippen molar-refractivity contribution in [2.45, 2.75) is 6.54 Å². The van der Waals surface area contributed by atoms with Crippen LogP contribution in [0.4, 0.5) is 5.69 Å². The summed E-state index contributed by atoms with van der Waals surface area (Å²) in [6, 6.07) is 20.1. The van der Waals surface area contributed by atoms with E-state index in [4.69, 9.17) is 11.6 Å². The highest BCUT2D eigenvalue weighted by Gasteiger charge is 2.27. The summed E-state index contributed by atoms with van der Waals surface area (Å²) < 4.78 is 0. The highest BCUT2D eigenvalue weighted by molar-refractivity contribution is 6.33. The fourth-order valence-corrected chi connectivity index (χ4v) is 3.41. The van der Waals surface area contributed by atoms with Crippen LogP contribution in [-0.2, 0) is 6.54 Å². The molecular formula is C21H15ClN2O2. The summed E-state index contributed by atoms with van der Waals surface area (Å²) in [4.78, 5) is 24.8. The number of fused-ring (bicyclic) bond motifs is 1. The van der Waals surface area contributed by atoms with Gasteiger partial charge in [-0.15, -0.1) is 0 Å². The molecule has 0 aromatic heterocycles. The maximum Gasteiger partial charge on any atom is 0.255 e.